The minimum atomic E-state index is -0.337. The van der Waals surface area contributed by atoms with E-state index in [1.54, 1.807) is 30.0 Å². The summed E-state index contributed by atoms with van der Waals surface area (Å²) in [7, 11) is 1.45. The van der Waals surface area contributed by atoms with Gasteiger partial charge >= 0.3 is 0 Å². The quantitative estimate of drug-likeness (QED) is 0.799. The van der Waals surface area contributed by atoms with E-state index in [1.807, 2.05) is 4.90 Å². The van der Waals surface area contributed by atoms with Gasteiger partial charge in [-0.25, -0.2) is 4.39 Å². The summed E-state index contributed by atoms with van der Waals surface area (Å²) < 4.78 is 19.0. The van der Waals surface area contributed by atoms with Crippen molar-refractivity contribution in [1.29, 1.82) is 0 Å². The van der Waals surface area contributed by atoms with Gasteiger partial charge in [0.05, 0.1) is 12.8 Å². The van der Waals surface area contributed by atoms with Crippen molar-refractivity contribution in [2.45, 2.75) is 6.92 Å². The van der Waals surface area contributed by atoms with Gasteiger partial charge in [-0.2, -0.15) is 0 Å². The van der Waals surface area contributed by atoms with Crippen molar-refractivity contribution in [2.75, 3.05) is 38.2 Å². The monoisotopic (exact) mass is 252 g/mol. The second kappa shape index (κ2) is 5.25. The molecule has 1 aliphatic rings. The van der Waals surface area contributed by atoms with E-state index in [0.717, 1.165) is 0 Å². The van der Waals surface area contributed by atoms with Crippen LogP contribution in [-0.4, -0.2) is 44.1 Å². The zero-order valence-electron chi connectivity index (χ0n) is 10.6. The molecule has 0 spiro atoms. The molecule has 4 nitrogen and oxygen atoms in total. The first-order valence-electron chi connectivity index (χ1n) is 5.96. The highest BCUT2D eigenvalue weighted by Gasteiger charge is 2.21. The van der Waals surface area contributed by atoms with Gasteiger partial charge in [-0.1, -0.05) is 6.07 Å². The summed E-state index contributed by atoms with van der Waals surface area (Å²) in [6.07, 6.45) is 0. The van der Waals surface area contributed by atoms with E-state index in [9.17, 15) is 9.18 Å². The summed E-state index contributed by atoms with van der Waals surface area (Å²) in [5, 5.41) is 0. The number of halogens is 1. The lowest BCUT2D eigenvalue weighted by Crippen LogP contribution is -2.48. The molecule has 1 saturated heterocycles. The van der Waals surface area contributed by atoms with Crippen molar-refractivity contribution in [3.05, 3.63) is 24.0 Å². The maximum absolute atomic E-state index is 14.1. The number of carbonyl (C=O) groups excluding carboxylic acids is 1. The van der Waals surface area contributed by atoms with Crippen LogP contribution in [-0.2, 0) is 4.79 Å². The molecular weight excluding hydrogens is 235 g/mol. The Morgan fingerprint density at radius 3 is 2.50 bits per heavy atom. The van der Waals surface area contributed by atoms with Gasteiger partial charge in [0.15, 0.2) is 11.6 Å². The van der Waals surface area contributed by atoms with Crippen molar-refractivity contribution in [3.63, 3.8) is 0 Å². The molecule has 2 rings (SSSR count). The Labute approximate surface area is 106 Å². The molecule has 1 aromatic carbocycles. The molecule has 18 heavy (non-hydrogen) atoms. The van der Waals surface area contributed by atoms with Gasteiger partial charge < -0.3 is 14.5 Å². The molecule has 0 aromatic heterocycles. The zero-order chi connectivity index (χ0) is 13.1. The Morgan fingerprint density at radius 1 is 1.28 bits per heavy atom. The molecule has 0 bridgehead atoms. The number of methoxy groups -OCH3 is 1. The topological polar surface area (TPSA) is 32.8 Å². The molecule has 1 heterocycles. The first kappa shape index (κ1) is 12.7. The van der Waals surface area contributed by atoms with Gasteiger partial charge in [0.25, 0.3) is 0 Å². The number of nitrogens with zero attached hydrogens (tertiary/aromatic N) is 2. The third-order valence-corrected chi connectivity index (χ3v) is 3.23. The second-order valence-electron chi connectivity index (χ2n) is 4.29. The van der Waals surface area contributed by atoms with E-state index in [-0.39, 0.29) is 17.5 Å². The summed E-state index contributed by atoms with van der Waals surface area (Å²) in [6, 6.07) is 5.11. The van der Waals surface area contributed by atoms with Crippen LogP contribution in [0.4, 0.5) is 10.1 Å². The molecule has 1 aromatic rings. The van der Waals surface area contributed by atoms with Gasteiger partial charge in [0.2, 0.25) is 5.91 Å². The van der Waals surface area contributed by atoms with Crippen LogP contribution in [0, 0.1) is 5.82 Å². The van der Waals surface area contributed by atoms with E-state index in [4.69, 9.17) is 4.74 Å². The van der Waals surface area contributed by atoms with Gasteiger partial charge in [-0.05, 0) is 12.1 Å². The average molecular weight is 252 g/mol. The van der Waals surface area contributed by atoms with E-state index < -0.39 is 0 Å². The second-order valence-corrected chi connectivity index (χ2v) is 4.29. The molecule has 98 valence electrons. The Bertz CT molecular complexity index is 443. The molecule has 0 atom stereocenters. The lowest BCUT2D eigenvalue weighted by Gasteiger charge is -2.35. The van der Waals surface area contributed by atoms with Crippen LogP contribution in [0.15, 0.2) is 18.2 Å². The lowest BCUT2D eigenvalue weighted by molar-refractivity contribution is -0.129. The minimum absolute atomic E-state index is 0.0702. The van der Waals surface area contributed by atoms with Crippen molar-refractivity contribution < 1.29 is 13.9 Å². The van der Waals surface area contributed by atoms with E-state index in [1.165, 1.54) is 7.11 Å². The highest BCUT2D eigenvalue weighted by atomic mass is 19.1. The Hall–Kier alpha value is -1.78. The minimum Gasteiger partial charge on any atom is -0.494 e. The van der Waals surface area contributed by atoms with Crippen LogP contribution in [0.5, 0.6) is 5.75 Å². The fraction of sp³-hybridized carbons (Fsp3) is 0.462. The molecule has 5 heteroatoms. The number of rotatable bonds is 2. The molecule has 0 unspecified atom stereocenters. The van der Waals surface area contributed by atoms with Gasteiger partial charge in [0.1, 0.15) is 0 Å². The first-order chi connectivity index (χ1) is 8.63. The summed E-state index contributed by atoms with van der Waals surface area (Å²) in [4.78, 5) is 14.9. The zero-order valence-corrected chi connectivity index (χ0v) is 10.6. The van der Waals surface area contributed by atoms with Crippen molar-refractivity contribution >= 4 is 11.6 Å². The molecule has 1 amide bonds. The molecule has 0 radical (unpaired) electrons. The maximum atomic E-state index is 14.1. The average Bonchev–Trinajstić information content (AvgIpc) is 2.39. The molecule has 0 saturated carbocycles. The lowest BCUT2D eigenvalue weighted by atomic mass is 10.2. The van der Waals surface area contributed by atoms with Crippen LogP contribution in [0.25, 0.3) is 0 Å². The summed E-state index contributed by atoms with van der Waals surface area (Å²) in [5.41, 5.74) is 0.539. The number of amides is 1. The Kier molecular flexibility index (Phi) is 3.69. The van der Waals surface area contributed by atoms with E-state index in [2.05, 4.69) is 0 Å². The van der Waals surface area contributed by atoms with Crippen LogP contribution < -0.4 is 9.64 Å². The van der Waals surface area contributed by atoms with Crippen molar-refractivity contribution in [1.82, 2.24) is 4.90 Å². The van der Waals surface area contributed by atoms with Crippen LogP contribution in [0.2, 0.25) is 0 Å². The number of hydrogen-bond donors (Lipinski definition) is 0. The number of hydrogen-bond acceptors (Lipinski definition) is 3. The summed E-state index contributed by atoms with van der Waals surface area (Å²) >= 11 is 0. The Morgan fingerprint density at radius 2 is 1.94 bits per heavy atom. The van der Waals surface area contributed by atoms with Crippen LogP contribution in [0.3, 0.4) is 0 Å². The predicted octanol–water partition coefficient (Wildman–Crippen LogP) is 1.50. The van der Waals surface area contributed by atoms with Gasteiger partial charge in [0, 0.05) is 33.1 Å². The van der Waals surface area contributed by atoms with Crippen LogP contribution >= 0.6 is 0 Å². The van der Waals surface area contributed by atoms with Gasteiger partial charge in [-0.15, -0.1) is 0 Å². The number of carbonyl (C=O) groups is 1. The SMILES string of the molecule is COc1cccc(N2CCN(C(C)=O)CC2)c1F. The fourth-order valence-electron chi connectivity index (χ4n) is 2.16. The van der Waals surface area contributed by atoms with Crippen molar-refractivity contribution in [2.24, 2.45) is 0 Å². The van der Waals surface area contributed by atoms with Crippen molar-refractivity contribution in [3.8, 4) is 5.75 Å². The highest BCUT2D eigenvalue weighted by molar-refractivity contribution is 5.73. The Balaban J connectivity index is 2.12. The normalized spacial score (nSPS) is 15.7. The predicted molar refractivity (Wildman–Crippen MR) is 67.4 cm³/mol. The molecule has 0 N–H and O–H groups in total. The third-order valence-electron chi connectivity index (χ3n) is 3.23. The number of piperazine rings is 1. The van der Waals surface area contributed by atoms with E-state index in [0.29, 0.717) is 31.9 Å². The molecular formula is C13H17FN2O2. The van der Waals surface area contributed by atoms with Crippen LogP contribution in [0.1, 0.15) is 6.92 Å². The smallest absolute Gasteiger partial charge is 0.219 e. The molecule has 1 aliphatic heterocycles. The first-order valence-corrected chi connectivity index (χ1v) is 5.96. The maximum Gasteiger partial charge on any atom is 0.219 e. The van der Waals surface area contributed by atoms with E-state index >= 15 is 0 Å². The molecule has 1 fully saturated rings. The number of benzene rings is 1. The largest absolute Gasteiger partial charge is 0.494 e. The van der Waals surface area contributed by atoms with Gasteiger partial charge in [-0.3, -0.25) is 4.79 Å². The number of ether oxygens (including phenoxy) is 1. The number of anilines is 1. The third kappa shape index (κ3) is 2.39. The fourth-order valence-corrected chi connectivity index (χ4v) is 2.16. The summed E-state index contributed by atoms with van der Waals surface area (Å²) in [6.45, 7) is 4.10. The molecule has 0 aliphatic carbocycles. The standard InChI is InChI=1S/C13H17FN2O2/c1-10(17)15-6-8-16(9-7-15)11-4-3-5-12(18-2)13(11)14/h3-5H,6-9H2,1-2H3. The highest BCUT2D eigenvalue weighted by Crippen LogP contribution is 2.27. The summed E-state index contributed by atoms with van der Waals surface area (Å²) in [5.74, 6) is -0.0152.